The first kappa shape index (κ1) is 11.1. The van der Waals surface area contributed by atoms with Gasteiger partial charge in [0.2, 0.25) is 0 Å². The Kier molecular flexibility index (Phi) is 3.98. The van der Waals surface area contributed by atoms with Crippen molar-refractivity contribution < 1.29 is 14.3 Å². The Balaban J connectivity index is 2.36. The van der Waals surface area contributed by atoms with E-state index in [2.05, 4.69) is 0 Å². The van der Waals surface area contributed by atoms with Crippen LogP contribution >= 0.6 is 11.6 Å². The molecule has 0 spiro atoms. The summed E-state index contributed by atoms with van der Waals surface area (Å²) in [6.45, 7) is 0.848. The van der Waals surface area contributed by atoms with Gasteiger partial charge in [0, 0.05) is 6.54 Å². The van der Waals surface area contributed by atoms with E-state index in [-0.39, 0.29) is 6.54 Å². The van der Waals surface area contributed by atoms with Gasteiger partial charge in [0.25, 0.3) is 0 Å². The number of carboxylic acids is 1. The first-order chi connectivity index (χ1) is 6.59. The Morgan fingerprint density at radius 1 is 1.79 bits per heavy atom. The smallest absolute Gasteiger partial charge is 0.322 e. The van der Waals surface area contributed by atoms with E-state index in [1.165, 1.54) is 0 Å². The molecule has 78 valence electrons. The molecule has 0 fully saturated rings. The first-order valence-electron chi connectivity index (χ1n) is 4.17. The van der Waals surface area contributed by atoms with Crippen molar-refractivity contribution in [3.63, 3.8) is 0 Å². The fraction of sp³-hybridized carbons (Fsp3) is 0.444. The highest BCUT2D eigenvalue weighted by Gasteiger charge is 2.16. The molecule has 1 heterocycles. The Labute approximate surface area is 87.1 Å². The van der Waals surface area contributed by atoms with Crippen LogP contribution in [0.5, 0.6) is 0 Å². The predicted molar refractivity (Wildman–Crippen MR) is 52.3 cm³/mol. The van der Waals surface area contributed by atoms with E-state index in [0.717, 1.165) is 5.76 Å². The van der Waals surface area contributed by atoms with E-state index in [1.54, 1.807) is 24.3 Å². The predicted octanol–water partition coefficient (Wildman–Crippen LogP) is 1.40. The fourth-order valence-electron chi connectivity index (χ4n) is 1.08. The SMILES string of the molecule is CN(Cc1ccco1)CC(Cl)C(=O)O. The first-order valence-corrected chi connectivity index (χ1v) is 4.61. The fourth-order valence-corrected chi connectivity index (χ4v) is 1.32. The highest BCUT2D eigenvalue weighted by Crippen LogP contribution is 2.06. The number of aliphatic carboxylic acids is 1. The number of furan rings is 1. The van der Waals surface area contributed by atoms with Crippen LogP contribution in [0.25, 0.3) is 0 Å². The summed E-state index contributed by atoms with van der Waals surface area (Å²) in [5.41, 5.74) is 0. The molecule has 1 rings (SSSR count). The molecule has 5 heteroatoms. The lowest BCUT2D eigenvalue weighted by Gasteiger charge is -2.16. The minimum Gasteiger partial charge on any atom is -0.480 e. The van der Waals surface area contributed by atoms with Crippen LogP contribution in [0.15, 0.2) is 22.8 Å². The third kappa shape index (κ3) is 3.40. The zero-order valence-electron chi connectivity index (χ0n) is 7.81. The van der Waals surface area contributed by atoms with Crippen LogP contribution in [0.1, 0.15) is 5.76 Å². The molecule has 14 heavy (non-hydrogen) atoms. The third-order valence-corrected chi connectivity index (χ3v) is 2.07. The van der Waals surface area contributed by atoms with Gasteiger partial charge in [-0.3, -0.25) is 9.69 Å². The summed E-state index contributed by atoms with van der Waals surface area (Å²) in [6.07, 6.45) is 1.58. The highest BCUT2D eigenvalue weighted by molar-refractivity contribution is 6.29. The largest absolute Gasteiger partial charge is 0.480 e. The standard InChI is InChI=1S/C9H12ClNO3/c1-11(6-8(10)9(12)13)5-7-3-2-4-14-7/h2-4,8H,5-6H2,1H3,(H,12,13). The molecule has 1 unspecified atom stereocenters. The van der Waals surface area contributed by atoms with Gasteiger partial charge in [0.1, 0.15) is 11.1 Å². The van der Waals surface area contributed by atoms with Crippen molar-refractivity contribution >= 4 is 17.6 Å². The summed E-state index contributed by atoms with van der Waals surface area (Å²) >= 11 is 5.58. The lowest BCUT2D eigenvalue weighted by Crippen LogP contribution is -2.30. The van der Waals surface area contributed by atoms with E-state index in [0.29, 0.717) is 6.54 Å². The normalized spacial score (nSPS) is 13.1. The second kappa shape index (κ2) is 5.02. The van der Waals surface area contributed by atoms with Crippen LogP contribution in [-0.2, 0) is 11.3 Å². The molecule has 0 saturated carbocycles. The monoisotopic (exact) mass is 217 g/mol. The van der Waals surface area contributed by atoms with Crippen molar-refractivity contribution in [2.75, 3.05) is 13.6 Å². The van der Waals surface area contributed by atoms with Crippen LogP contribution < -0.4 is 0 Å². The number of nitrogens with zero attached hydrogens (tertiary/aromatic N) is 1. The van der Waals surface area contributed by atoms with Gasteiger partial charge in [0.05, 0.1) is 12.8 Å². The molecule has 0 aliphatic carbocycles. The number of rotatable bonds is 5. The number of carbonyl (C=O) groups is 1. The van der Waals surface area contributed by atoms with Crippen LogP contribution in [0.2, 0.25) is 0 Å². The molecule has 1 atom stereocenters. The van der Waals surface area contributed by atoms with Gasteiger partial charge < -0.3 is 9.52 Å². The number of halogens is 1. The van der Waals surface area contributed by atoms with E-state index in [4.69, 9.17) is 21.1 Å². The van der Waals surface area contributed by atoms with Crippen molar-refractivity contribution in [2.45, 2.75) is 11.9 Å². The van der Waals surface area contributed by atoms with Gasteiger partial charge in [-0.25, -0.2) is 0 Å². The van der Waals surface area contributed by atoms with Crippen molar-refractivity contribution in [3.8, 4) is 0 Å². The van der Waals surface area contributed by atoms with Gasteiger partial charge in [-0.15, -0.1) is 11.6 Å². The molecule has 0 aliphatic rings. The molecule has 0 aliphatic heterocycles. The van der Waals surface area contributed by atoms with Crippen LogP contribution in [-0.4, -0.2) is 34.9 Å². The van der Waals surface area contributed by atoms with Crippen LogP contribution in [0.3, 0.4) is 0 Å². The molecular weight excluding hydrogens is 206 g/mol. The molecule has 4 nitrogen and oxygen atoms in total. The second-order valence-corrected chi connectivity index (χ2v) is 3.61. The van der Waals surface area contributed by atoms with E-state index in [9.17, 15) is 4.79 Å². The average molecular weight is 218 g/mol. The van der Waals surface area contributed by atoms with Crippen molar-refractivity contribution in [1.29, 1.82) is 0 Å². The number of hydrogen-bond donors (Lipinski definition) is 1. The molecular formula is C9H12ClNO3. The number of alkyl halides is 1. The molecule has 0 saturated heterocycles. The summed E-state index contributed by atoms with van der Waals surface area (Å²) in [5.74, 6) is -0.209. The van der Waals surface area contributed by atoms with E-state index in [1.807, 2.05) is 6.07 Å². The quantitative estimate of drug-likeness (QED) is 0.758. The average Bonchev–Trinajstić information content (AvgIpc) is 2.56. The van der Waals surface area contributed by atoms with Gasteiger partial charge >= 0.3 is 5.97 Å². The van der Waals surface area contributed by atoms with E-state index < -0.39 is 11.3 Å². The molecule has 1 aromatic heterocycles. The highest BCUT2D eigenvalue weighted by atomic mass is 35.5. The maximum Gasteiger partial charge on any atom is 0.322 e. The minimum atomic E-state index is -1.00. The van der Waals surface area contributed by atoms with Gasteiger partial charge in [-0.2, -0.15) is 0 Å². The van der Waals surface area contributed by atoms with Crippen LogP contribution in [0, 0.1) is 0 Å². The second-order valence-electron chi connectivity index (χ2n) is 3.08. The van der Waals surface area contributed by atoms with Crippen molar-refractivity contribution in [1.82, 2.24) is 4.90 Å². The third-order valence-electron chi connectivity index (χ3n) is 1.75. The summed E-state index contributed by atoms with van der Waals surface area (Å²) in [6, 6.07) is 3.62. The Morgan fingerprint density at radius 3 is 3.00 bits per heavy atom. The maximum atomic E-state index is 10.5. The molecule has 1 aromatic rings. The summed E-state index contributed by atoms with van der Waals surface area (Å²) < 4.78 is 5.11. The molecule has 0 radical (unpaired) electrons. The van der Waals surface area contributed by atoms with Crippen LogP contribution in [0.4, 0.5) is 0 Å². The lowest BCUT2D eigenvalue weighted by atomic mass is 10.3. The molecule has 0 bridgehead atoms. The van der Waals surface area contributed by atoms with E-state index >= 15 is 0 Å². The Morgan fingerprint density at radius 2 is 2.50 bits per heavy atom. The topological polar surface area (TPSA) is 53.7 Å². The molecule has 0 aromatic carbocycles. The lowest BCUT2D eigenvalue weighted by molar-refractivity contribution is -0.136. The number of hydrogen-bond acceptors (Lipinski definition) is 3. The number of carboxylic acid groups (broad SMARTS) is 1. The zero-order chi connectivity index (χ0) is 10.6. The van der Waals surface area contributed by atoms with Gasteiger partial charge in [0.15, 0.2) is 0 Å². The van der Waals surface area contributed by atoms with Gasteiger partial charge in [-0.1, -0.05) is 0 Å². The minimum absolute atomic E-state index is 0.289. The Hall–Kier alpha value is -1.00. The zero-order valence-corrected chi connectivity index (χ0v) is 8.57. The Bertz CT molecular complexity index is 286. The molecule has 1 N–H and O–H groups in total. The molecule has 0 amide bonds. The van der Waals surface area contributed by atoms with Crippen molar-refractivity contribution in [2.24, 2.45) is 0 Å². The summed E-state index contributed by atoms with van der Waals surface area (Å²) in [7, 11) is 1.79. The summed E-state index contributed by atoms with van der Waals surface area (Å²) in [5, 5.41) is 7.70. The van der Waals surface area contributed by atoms with Gasteiger partial charge in [-0.05, 0) is 19.2 Å². The van der Waals surface area contributed by atoms with Crippen molar-refractivity contribution in [3.05, 3.63) is 24.2 Å². The summed E-state index contributed by atoms with van der Waals surface area (Å²) in [4.78, 5) is 12.3. The maximum absolute atomic E-state index is 10.5.